The summed E-state index contributed by atoms with van der Waals surface area (Å²) in [5.74, 6) is 0.929. The highest BCUT2D eigenvalue weighted by molar-refractivity contribution is 5.95. The van der Waals surface area contributed by atoms with E-state index in [1.165, 1.54) is 6.07 Å². The number of carbonyl (C=O) groups is 1. The molecule has 0 aliphatic carbocycles. The second-order valence-electron chi connectivity index (χ2n) is 7.45. The van der Waals surface area contributed by atoms with Crippen molar-refractivity contribution in [3.8, 4) is 11.5 Å². The lowest BCUT2D eigenvalue weighted by atomic mass is 10.1. The van der Waals surface area contributed by atoms with Crippen molar-refractivity contribution in [1.29, 1.82) is 0 Å². The summed E-state index contributed by atoms with van der Waals surface area (Å²) in [6.45, 7) is 3.51. The summed E-state index contributed by atoms with van der Waals surface area (Å²) in [5, 5.41) is 14.5. The minimum Gasteiger partial charge on any atom is -0.493 e. The van der Waals surface area contributed by atoms with Crippen molar-refractivity contribution in [3.05, 3.63) is 57.6 Å². The highest BCUT2D eigenvalue weighted by Crippen LogP contribution is 2.30. The zero-order valence-electron chi connectivity index (χ0n) is 18.1. The maximum Gasteiger partial charge on any atom is 0.293 e. The van der Waals surface area contributed by atoms with Crippen LogP contribution in [0.1, 0.15) is 15.9 Å². The monoisotopic (exact) mass is 428 g/mol. The van der Waals surface area contributed by atoms with Gasteiger partial charge >= 0.3 is 0 Å². The van der Waals surface area contributed by atoms with E-state index in [1.807, 2.05) is 30.1 Å². The molecule has 1 heterocycles. The van der Waals surface area contributed by atoms with Gasteiger partial charge < -0.3 is 24.6 Å². The number of amides is 1. The van der Waals surface area contributed by atoms with E-state index in [1.54, 1.807) is 26.4 Å². The van der Waals surface area contributed by atoms with Gasteiger partial charge in [0.1, 0.15) is 5.69 Å². The Hall–Kier alpha value is -3.33. The Morgan fingerprint density at radius 3 is 2.42 bits per heavy atom. The fraction of sp³-hybridized carbons (Fsp3) is 0.409. The van der Waals surface area contributed by atoms with Gasteiger partial charge in [-0.3, -0.25) is 14.9 Å². The second-order valence-corrected chi connectivity index (χ2v) is 7.45. The zero-order chi connectivity index (χ0) is 22.4. The van der Waals surface area contributed by atoms with Crippen molar-refractivity contribution >= 4 is 17.3 Å². The standard InChI is InChI=1S/C22H28N4O5/c1-24-10-12-25(13-11-24)18-6-5-17(15-19(18)26(28)29)22(27)23-9-8-16-4-7-20(30-2)21(14-16)31-3/h4-7,14-15H,8-13H2,1-3H3,(H,23,27). The van der Waals surface area contributed by atoms with Gasteiger partial charge in [-0.05, 0) is 43.3 Å². The molecule has 31 heavy (non-hydrogen) atoms. The molecule has 0 saturated carbocycles. The summed E-state index contributed by atoms with van der Waals surface area (Å²) in [6.07, 6.45) is 0.591. The van der Waals surface area contributed by atoms with Gasteiger partial charge in [-0.25, -0.2) is 0 Å². The second kappa shape index (κ2) is 10.1. The molecule has 1 amide bonds. The molecule has 2 aromatic carbocycles. The normalized spacial score (nSPS) is 14.2. The first-order chi connectivity index (χ1) is 14.9. The number of hydrogen-bond donors (Lipinski definition) is 1. The highest BCUT2D eigenvalue weighted by Gasteiger charge is 2.24. The maximum atomic E-state index is 12.6. The first-order valence-electron chi connectivity index (χ1n) is 10.1. The lowest BCUT2D eigenvalue weighted by Gasteiger charge is -2.33. The molecule has 1 N–H and O–H groups in total. The Morgan fingerprint density at radius 2 is 1.77 bits per heavy atom. The first kappa shape index (κ1) is 22.4. The Bertz CT molecular complexity index is 941. The number of ether oxygens (including phenoxy) is 2. The van der Waals surface area contributed by atoms with Gasteiger partial charge in [-0.2, -0.15) is 0 Å². The number of nitro groups is 1. The van der Waals surface area contributed by atoms with Gasteiger partial charge in [0.05, 0.1) is 19.1 Å². The predicted octanol–water partition coefficient (Wildman–Crippen LogP) is 2.34. The molecular weight excluding hydrogens is 400 g/mol. The third-order valence-electron chi connectivity index (χ3n) is 5.43. The topological polar surface area (TPSA) is 97.2 Å². The van der Waals surface area contributed by atoms with E-state index in [0.29, 0.717) is 43.2 Å². The Morgan fingerprint density at radius 1 is 1.06 bits per heavy atom. The van der Waals surface area contributed by atoms with Crippen molar-refractivity contribution in [2.24, 2.45) is 0 Å². The van der Waals surface area contributed by atoms with Gasteiger partial charge in [0.2, 0.25) is 0 Å². The lowest BCUT2D eigenvalue weighted by Crippen LogP contribution is -2.44. The molecule has 0 aromatic heterocycles. The summed E-state index contributed by atoms with van der Waals surface area (Å²) in [5.41, 5.74) is 1.77. The number of benzene rings is 2. The van der Waals surface area contributed by atoms with E-state index >= 15 is 0 Å². The Kier molecular flexibility index (Phi) is 7.30. The number of hydrogen-bond acceptors (Lipinski definition) is 7. The number of piperazine rings is 1. The minimum absolute atomic E-state index is 0.0444. The van der Waals surface area contributed by atoms with Crippen LogP contribution >= 0.6 is 0 Å². The molecule has 3 rings (SSSR count). The molecule has 0 bridgehead atoms. The van der Waals surface area contributed by atoms with E-state index in [9.17, 15) is 14.9 Å². The van der Waals surface area contributed by atoms with Crippen LogP contribution in [0.25, 0.3) is 0 Å². The quantitative estimate of drug-likeness (QED) is 0.509. The van der Waals surface area contributed by atoms with E-state index in [-0.39, 0.29) is 17.2 Å². The van der Waals surface area contributed by atoms with Crippen molar-refractivity contribution < 1.29 is 19.2 Å². The van der Waals surface area contributed by atoms with Crippen LogP contribution in [-0.2, 0) is 6.42 Å². The average Bonchev–Trinajstić information content (AvgIpc) is 2.79. The molecule has 9 nitrogen and oxygen atoms in total. The van der Waals surface area contributed by atoms with Crippen LogP contribution in [0.15, 0.2) is 36.4 Å². The van der Waals surface area contributed by atoms with Crippen LogP contribution in [-0.4, -0.2) is 69.7 Å². The summed E-state index contributed by atoms with van der Waals surface area (Å²) in [7, 11) is 5.18. The van der Waals surface area contributed by atoms with E-state index in [2.05, 4.69) is 10.2 Å². The number of nitrogens with zero attached hydrogens (tertiary/aromatic N) is 3. The molecule has 1 fully saturated rings. The predicted molar refractivity (Wildman–Crippen MR) is 118 cm³/mol. The van der Waals surface area contributed by atoms with Crippen LogP contribution < -0.4 is 19.7 Å². The minimum atomic E-state index is -0.423. The van der Waals surface area contributed by atoms with Crippen LogP contribution in [0.3, 0.4) is 0 Å². The summed E-state index contributed by atoms with van der Waals surface area (Å²) in [4.78, 5) is 28.0. The number of anilines is 1. The van der Waals surface area contributed by atoms with Crippen LogP contribution in [0.5, 0.6) is 11.5 Å². The van der Waals surface area contributed by atoms with Crippen LogP contribution in [0.2, 0.25) is 0 Å². The van der Waals surface area contributed by atoms with Gasteiger partial charge in [-0.1, -0.05) is 6.07 Å². The molecule has 0 unspecified atom stereocenters. The van der Waals surface area contributed by atoms with Crippen LogP contribution in [0.4, 0.5) is 11.4 Å². The lowest BCUT2D eigenvalue weighted by molar-refractivity contribution is -0.384. The molecule has 1 aliphatic rings. The molecule has 1 saturated heterocycles. The third kappa shape index (κ3) is 5.43. The summed E-state index contributed by atoms with van der Waals surface area (Å²) in [6, 6.07) is 10.3. The van der Waals surface area contributed by atoms with Gasteiger partial charge in [0, 0.05) is 44.4 Å². The number of likely N-dealkylation sites (N-methyl/N-ethyl adjacent to an activating group) is 1. The number of rotatable bonds is 8. The molecule has 0 atom stereocenters. The molecule has 2 aromatic rings. The Balaban J connectivity index is 1.65. The number of carbonyl (C=O) groups excluding carboxylic acids is 1. The molecule has 166 valence electrons. The molecule has 9 heteroatoms. The molecule has 1 aliphatic heterocycles. The summed E-state index contributed by atoms with van der Waals surface area (Å²) >= 11 is 0. The van der Waals surface area contributed by atoms with E-state index < -0.39 is 4.92 Å². The smallest absolute Gasteiger partial charge is 0.293 e. The Labute approximate surface area is 181 Å². The first-order valence-corrected chi connectivity index (χ1v) is 10.1. The number of nitrogens with one attached hydrogen (secondary N) is 1. The average molecular weight is 428 g/mol. The number of nitro benzene ring substituents is 1. The van der Waals surface area contributed by atoms with Gasteiger partial charge in [0.25, 0.3) is 11.6 Å². The third-order valence-corrected chi connectivity index (χ3v) is 5.43. The zero-order valence-corrected chi connectivity index (χ0v) is 18.1. The fourth-order valence-electron chi connectivity index (χ4n) is 3.58. The largest absolute Gasteiger partial charge is 0.493 e. The molecule has 0 radical (unpaired) electrons. The maximum absolute atomic E-state index is 12.6. The van der Waals surface area contributed by atoms with E-state index in [4.69, 9.17) is 9.47 Å². The van der Waals surface area contributed by atoms with Gasteiger partial charge in [-0.15, -0.1) is 0 Å². The van der Waals surface area contributed by atoms with Crippen molar-refractivity contribution in [2.75, 3.05) is 58.9 Å². The van der Waals surface area contributed by atoms with Crippen molar-refractivity contribution in [3.63, 3.8) is 0 Å². The van der Waals surface area contributed by atoms with Crippen molar-refractivity contribution in [1.82, 2.24) is 10.2 Å². The molecule has 0 spiro atoms. The van der Waals surface area contributed by atoms with Gasteiger partial charge in [0.15, 0.2) is 11.5 Å². The fourth-order valence-corrected chi connectivity index (χ4v) is 3.58. The highest BCUT2D eigenvalue weighted by atomic mass is 16.6. The SMILES string of the molecule is COc1ccc(CCNC(=O)c2ccc(N3CCN(C)CC3)c([N+](=O)[O-])c2)cc1OC. The van der Waals surface area contributed by atoms with Crippen LogP contribution in [0, 0.1) is 10.1 Å². The van der Waals surface area contributed by atoms with Crippen molar-refractivity contribution in [2.45, 2.75) is 6.42 Å². The molecular formula is C22H28N4O5. The summed E-state index contributed by atoms with van der Waals surface area (Å²) < 4.78 is 10.5. The van der Waals surface area contributed by atoms with E-state index in [0.717, 1.165) is 18.7 Å². The number of methoxy groups -OCH3 is 2.